The molecule has 2 N–H and O–H groups in total. The summed E-state index contributed by atoms with van der Waals surface area (Å²) in [5.41, 5.74) is 1.76. The van der Waals surface area contributed by atoms with E-state index in [0.29, 0.717) is 12.2 Å². The summed E-state index contributed by atoms with van der Waals surface area (Å²) in [6.45, 7) is 10.3. The molecule has 3 aliphatic rings. The topological polar surface area (TPSA) is 73.4 Å². The van der Waals surface area contributed by atoms with Gasteiger partial charge >= 0.3 is 0 Å². The lowest BCUT2D eigenvalue weighted by Crippen LogP contribution is -2.58. The molecule has 0 atom stereocenters. The number of carbonyl (C=O) groups is 1. The third-order valence-electron chi connectivity index (χ3n) is 6.71. The number of fused-ring (bicyclic) bond motifs is 1. The Bertz CT molecular complexity index is 720. The zero-order valence-corrected chi connectivity index (χ0v) is 17.6. The molecule has 0 bridgehead atoms. The summed E-state index contributed by atoms with van der Waals surface area (Å²) in [4.78, 5) is 26.9. The molecule has 0 spiro atoms. The quantitative estimate of drug-likeness (QED) is 0.805. The van der Waals surface area contributed by atoms with Gasteiger partial charge in [-0.15, -0.1) is 0 Å². The highest BCUT2D eigenvalue weighted by molar-refractivity contribution is 5.96. The zero-order valence-electron chi connectivity index (χ0n) is 17.6. The van der Waals surface area contributed by atoms with Gasteiger partial charge < -0.3 is 15.5 Å². The summed E-state index contributed by atoms with van der Waals surface area (Å²) in [5, 5.41) is 6.62. The van der Waals surface area contributed by atoms with Crippen LogP contribution in [0.1, 0.15) is 67.3 Å². The van der Waals surface area contributed by atoms with Crippen molar-refractivity contribution in [1.82, 2.24) is 25.1 Å². The maximum atomic E-state index is 12.4. The van der Waals surface area contributed by atoms with E-state index in [1.54, 1.807) is 0 Å². The van der Waals surface area contributed by atoms with Crippen LogP contribution in [-0.4, -0.2) is 77.5 Å². The van der Waals surface area contributed by atoms with Gasteiger partial charge in [-0.05, 0) is 26.3 Å². The van der Waals surface area contributed by atoms with E-state index in [0.717, 1.165) is 56.4 Å². The Balaban J connectivity index is 1.58. The van der Waals surface area contributed by atoms with Crippen LogP contribution in [0, 0.1) is 0 Å². The molecule has 1 aromatic rings. The Morgan fingerprint density at radius 3 is 2.54 bits per heavy atom. The molecule has 1 aromatic heterocycles. The fraction of sp³-hybridized carbons (Fsp3) is 0.762. The van der Waals surface area contributed by atoms with Gasteiger partial charge in [-0.3, -0.25) is 9.69 Å². The first kappa shape index (κ1) is 19.6. The normalized spacial score (nSPS) is 22.9. The first-order chi connectivity index (χ1) is 13.5. The molecule has 7 heteroatoms. The smallest absolute Gasteiger partial charge is 0.270 e. The minimum absolute atomic E-state index is 0.0664. The van der Waals surface area contributed by atoms with E-state index in [4.69, 9.17) is 4.98 Å². The largest absolute Gasteiger partial charge is 0.368 e. The predicted molar refractivity (Wildman–Crippen MR) is 111 cm³/mol. The second kappa shape index (κ2) is 7.95. The first-order valence-corrected chi connectivity index (χ1v) is 10.8. The minimum atomic E-state index is -0.0664. The van der Waals surface area contributed by atoms with E-state index in [2.05, 4.69) is 46.3 Å². The molecular formula is C21H34N6O. The zero-order chi connectivity index (χ0) is 19.7. The van der Waals surface area contributed by atoms with Gasteiger partial charge in [0.2, 0.25) is 0 Å². The number of likely N-dealkylation sites (N-methyl/N-ethyl adjacent to an activating group) is 1. The summed E-state index contributed by atoms with van der Waals surface area (Å²) in [7, 11) is 2.21. The van der Waals surface area contributed by atoms with Gasteiger partial charge in [0.25, 0.3) is 5.91 Å². The van der Waals surface area contributed by atoms with Crippen molar-refractivity contribution < 1.29 is 4.79 Å². The Labute approximate surface area is 168 Å². The lowest BCUT2D eigenvalue weighted by atomic mass is 9.93. The number of anilines is 1. The molecule has 4 rings (SSSR count). The molecule has 1 saturated heterocycles. The number of aromatic nitrogens is 2. The average Bonchev–Trinajstić information content (AvgIpc) is 3.17. The van der Waals surface area contributed by atoms with Crippen LogP contribution >= 0.6 is 0 Å². The van der Waals surface area contributed by atoms with E-state index >= 15 is 0 Å². The van der Waals surface area contributed by atoms with Gasteiger partial charge in [0, 0.05) is 56.3 Å². The lowest BCUT2D eigenvalue weighted by molar-refractivity contribution is 0.0510. The summed E-state index contributed by atoms with van der Waals surface area (Å²) < 4.78 is 0. The van der Waals surface area contributed by atoms with Crippen molar-refractivity contribution in [2.45, 2.75) is 57.4 Å². The molecule has 2 fully saturated rings. The average molecular weight is 387 g/mol. The fourth-order valence-electron chi connectivity index (χ4n) is 4.88. The van der Waals surface area contributed by atoms with Gasteiger partial charge in [0.05, 0.1) is 0 Å². The highest BCUT2D eigenvalue weighted by Gasteiger charge is 2.40. The number of hydrogen-bond acceptors (Lipinski definition) is 6. The third-order valence-corrected chi connectivity index (χ3v) is 6.71. The van der Waals surface area contributed by atoms with Crippen LogP contribution in [-0.2, 0) is 6.42 Å². The molecule has 0 radical (unpaired) electrons. The van der Waals surface area contributed by atoms with Crippen molar-refractivity contribution in [2.75, 3.05) is 51.6 Å². The SMILES string of the molecule is CC(C)c1nc(NCC2(N3CCN(C)CC3)CCCC2)c2c(n1)C(=O)NCC2. The van der Waals surface area contributed by atoms with Gasteiger partial charge in [0.15, 0.2) is 0 Å². The van der Waals surface area contributed by atoms with E-state index in [9.17, 15) is 4.79 Å². The molecule has 154 valence electrons. The van der Waals surface area contributed by atoms with Crippen LogP contribution < -0.4 is 10.6 Å². The van der Waals surface area contributed by atoms with Crippen LogP contribution in [0.25, 0.3) is 0 Å². The number of piperazine rings is 1. The van der Waals surface area contributed by atoms with Gasteiger partial charge in [0.1, 0.15) is 17.3 Å². The van der Waals surface area contributed by atoms with Crippen LogP contribution in [0.5, 0.6) is 0 Å². The lowest BCUT2D eigenvalue weighted by Gasteiger charge is -2.45. The van der Waals surface area contributed by atoms with Crippen LogP contribution in [0.3, 0.4) is 0 Å². The summed E-state index contributed by atoms with van der Waals surface area (Å²) in [6.07, 6.45) is 5.89. The molecule has 2 aliphatic heterocycles. The van der Waals surface area contributed by atoms with Gasteiger partial charge in [-0.2, -0.15) is 0 Å². The number of nitrogens with one attached hydrogen (secondary N) is 2. The number of nitrogens with zero attached hydrogens (tertiary/aromatic N) is 4. The molecule has 1 aliphatic carbocycles. The second-order valence-corrected chi connectivity index (χ2v) is 8.99. The van der Waals surface area contributed by atoms with Gasteiger partial charge in [-0.1, -0.05) is 26.7 Å². The molecule has 28 heavy (non-hydrogen) atoms. The van der Waals surface area contributed by atoms with Crippen molar-refractivity contribution in [2.24, 2.45) is 0 Å². The minimum Gasteiger partial charge on any atom is -0.368 e. The van der Waals surface area contributed by atoms with Gasteiger partial charge in [-0.25, -0.2) is 9.97 Å². The van der Waals surface area contributed by atoms with Crippen molar-refractivity contribution in [1.29, 1.82) is 0 Å². The maximum absolute atomic E-state index is 12.4. The summed E-state index contributed by atoms with van der Waals surface area (Å²) >= 11 is 0. The number of amides is 1. The van der Waals surface area contributed by atoms with Crippen molar-refractivity contribution in [3.05, 3.63) is 17.1 Å². The molecule has 1 amide bonds. The van der Waals surface area contributed by atoms with Crippen molar-refractivity contribution >= 4 is 11.7 Å². The highest BCUT2D eigenvalue weighted by Crippen LogP contribution is 2.36. The predicted octanol–water partition coefficient (Wildman–Crippen LogP) is 1.86. The Hall–Kier alpha value is -1.73. The molecule has 0 unspecified atom stereocenters. The first-order valence-electron chi connectivity index (χ1n) is 10.8. The highest BCUT2D eigenvalue weighted by atomic mass is 16.1. The van der Waals surface area contributed by atoms with Crippen LogP contribution in [0.4, 0.5) is 5.82 Å². The molecule has 0 aromatic carbocycles. The number of hydrogen-bond donors (Lipinski definition) is 2. The molecule has 1 saturated carbocycles. The number of rotatable bonds is 5. The molecule has 7 nitrogen and oxygen atoms in total. The number of carbonyl (C=O) groups excluding carboxylic acids is 1. The molecular weight excluding hydrogens is 352 g/mol. The van der Waals surface area contributed by atoms with Crippen molar-refractivity contribution in [3.8, 4) is 0 Å². The third kappa shape index (κ3) is 3.74. The fourth-order valence-corrected chi connectivity index (χ4v) is 4.88. The van der Waals surface area contributed by atoms with E-state index in [1.807, 2.05) is 0 Å². The second-order valence-electron chi connectivity index (χ2n) is 8.99. The monoisotopic (exact) mass is 386 g/mol. The summed E-state index contributed by atoms with van der Waals surface area (Å²) in [5.74, 6) is 1.75. The van der Waals surface area contributed by atoms with Crippen LogP contribution in [0.2, 0.25) is 0 Å². The van der Waals surface area contributed by atoms with E-state index in [1.165, 1.54) is 25.7 Å². The molecule has 3 heterocycles. The standard InChI is InChI=1S/C21H34N6O/c1-15(2)18-24-17-16(6-9-22-20(17)28)19(25-18)23-14-21(7-4-5-8-21)27-12-10-26(3)11-13-27/h15H,4-14H2,1-3H3,(H,22,28)(H,23,24,25). The van der Waals surface area contributed by atoms with Crippen molar-refractivity contribution in [3.63, 3.8) is 0 Å². The summed E-state index contributed by atoms with van der Waals surface area (Å²) in [6, 6.07) is 0. The maximum Gasteiger partial charge on any atom is 0.270 e. The Morgan fingerprint density at radius 1 is 1.14 bits per heavy atom. The van der Waals surface area contributed by atoms with E-state index in [-0.39, 0.29) is 17.4 Å². The van der Waals surface area contributed by atoms with Crippen LogP contribution in [0.15, 0.2) is 0 Å². The van der Waals surface area contributed by atoms with E-state index < -0.39 is 0 Å². The Kier molecular flexibility index (Phi) is 5.56. The Morgan fingerprint density at radius 2 is 1.86 bits per heavy atom.